The van der Waals surface area contributed by atoms with Gasteiger partial charge in [0.2, 0.25) is 0 Å². The van der Waals surface area contributed by atoms with Crippen LogP contribution in [0.1, 0.15) is 10.4 Å². The first-order valence-electron chi connectivity index (χ1n) is 4.66. The lowest BCUT2D eigenvalue weighted by molar-refractivity contribution is -0.384. The SMILES string of the molecule is O=Cc1c(F)cc(-n2cc([N+](=O)[O-])cn2)cc1F. The van der Waals surface area contributed by atoms with Gasteiger partial charge in [-0.2, -0.15) is 5.10 Å². The van der Waals surface area contributed by atoms with Crippen molar-refractivity contribution in [1.82, 2.24) is 9.78 Å². The highest BCUT2D eigenvalue weighted by Crippen LogP contribution is 2.18. The van der Waals surface area contributed by atoms with E-state index in [1.54, 1.807) is 0 Å². The van der Waals surface area contributed by atoms with Gasteiger partial charge in [0, 0.05) is 12.1 Å². The van der Waals surface area contributed by atoms with E-state index in [1.165, 1.54) is 0 Å². The van der Waals surface area contributed by atoms with E-state index in [0.29, 0.717) is 0 Å². The Balaban J connectivity index is 2.51. The molecule has 0 bridgehead atoms. The summed E-state index contributed by atoms with van der Waals surface area (Å²) in [6, 6.07) is 1.73. The van der Waals surface area contributed by atoms with Crippen LogP contribution in [0.5, 0.6) is 0 Å². The van der Waals surface area contributed by atoms with Crippen molar-refractivity contribution in [3.63, 3.8) is 0 Å². The summed E-state index contributed by atoms with van der Waals surface area (Å²) in [7, 11) is 0. The van der Waals surface area contributed by atoms with Crippen LogP contribution in [-0.2, 0) is 0 Å². The molecule has 0 N–H and O–H groups in total. The fraction of sp³-hybridized carbons (Fsp3) is 0. The molecule has 0 saturated carbocycles. The molecule has 18 heavy (non-hydrogen) atoms. The molecule has 0 spiro atoms. The van der Waals surface area contributed by atoms with E-state index >= 15 is 0 Å². The summed E-state index contributed by atoms with van der Waals surface area (Å²) in [5.41, 5.74) is -1.06. The highest BCUT2D eigenvalue weighted by Gasteiger charge is 2.14. The Kier molecular flexibility index (Phi) is 2.84. The van der Waals surface area contributed by atoms with Gasteiger partial charge in [-0.3, -0.25) is 14.9 Å². The summed E-state index contributed by atoms with van der Waals surface area (Å²) in [6.45, 7) is 0. The lowest BCUT2D eigenvalue weighted by Gasteiger charge is -2.03. The van der Waals surface area contributed by atoms with E-state index in [2.05, 4.69) is 5.10 Å². The number of hydrogen-bond acceptors (Lipinski definition) is 4. The van der Waals surface area contributed by atoms with Crippen LogP contribution in [0.2, 0.25) is 0 Å². The van der Waals surface area contributed by atoms with E-state index in [9.17, 15) is 23.7 Å². The predicted molar refractivity (Wildman–Crippen MR) is 55.5 cm³/mol. The molecule has 0 aliphatic heterocycles. The van der Waals surface area contributed by atoms with Crippen molar-refractivity contribution in [2.24, 2.45) is 0 Å². The van der Waals surface area contributed by atoms with Crippen LogP contribution >= 0.6 is 0 Å². The van der Waals surface area contributed by atoms with Gasteiger partial charge in [0.15, 0.2) is 6.29 Å². The van der Waals surface area contributed by atoms with E-state index < -0.39 is 22.1 Å². The fourth-order valence-corrected chi connectivity index (χ4v) is 1.36. The third-order valence-electron chi connectivity index (χ3n) is 2.23. The standard InChI is InChI=1S/C10H5F2N3O3/c11-9-1-6(2-10(12)8(9)5-16)14-4-7(3-13-14)15(17)18/h1-5H. The number of carbonyl (C=O) groups is 1. The Labute approximate surface area is 98.6 Å². The van der Waals surface area contributed by atoms with E-state index in [4.69, 9.17) is 0 Å². The molecule has 2 rings (SSSR count). The van der Waals surface area contributed by atoms with Crippen LogP contribution in [0.15, 0.2) is 24.5 Å². The summed E-state index contributed by atoms with van der Waals surface area (Å²) >= 11 is 0. The number of rotatable bonds is 3. The van der Waals surface area contributed by atoms with Gasteiger partial charge in [0.25, 0.3) is 0 Å². The minimum atomic E-state index is -1.06. The zero-order valence-corrected chi connectivity index (χ0v) is 8.71. The molecule has 6 nitrogen and oxygen atoms in total. The van der Waals surface area contributed by atoms with Gasteiger partial charge in [0.05, 0.1) is 16.2 Å². The maximum Gasteiger partial charge on any atom is 0.307 e. The molecule has 8 heteroatoms. The molecular weight excluding hydrogens is 248 g/mol. The molecule has 0 atom stereocenters. The topological polar surface area (TPSA) is 78.0 Å². The minimum absolute atomic E-state index is 0.0521. The summed E-state index contributed by atoms with van der Waals surface area (Å²) in [6.07, 6.45) is 2.01. The molecule has 0 aliphatic carbocycles. The number of benzene rings is 1. The van der Waals surface area contributed by atoms with Gasteiger partial charge in [-0.05, 0) is 0 Å². The number of nitrogens with zero attached hydrogens (tertiary/aromatic N) is 3. The lowest BCUT2D eigenvalue weighted by atomic mass is 10.2. The lowest BCUT2D eigenvalue weighted by Crippen LogP contribution is -2.00. The van der Waals surface area contributed by atoms with Gasteiger partial charge in [-0.1, -0.05) is 0 Å². The van der Waals surface area contributed by atoms with Crippen molar-refractivity contribution < 1.29 is 18.5 Å². The molecular formula is C10H5F2N3O3. The Hall–Kier alpha value is -2.64. The van der Waals surface area contributed by atoms with Crippen LogP contribution in [0, 0.1) is 21.7 Å². The van der Waals surface area contributed by atoms with Crippen LogP contribution in [0.25, 0.3) is 5.69 Å². The Morgan fingerprint density at radius 3 is 2.39 bits per heavy atom. The molecule has 1 aromatic heterocycles. The number of carbonyl (C=O) groups excluding carboxylic acids is 1. The van der Waals surface area contributed by atoms with Crippen molar-refractivity contribution in [1.29, 1.82) is 0 Å². The second-order valence-electron chi connectivity index (χ2n) is 3.34. The van der Waals surface area contributed by atoms with Crippen molar-refractivity contribution in [2.75, 3.05) is 0 Å². The predicted octanol–water partition coefficient (Wildman–Crippen LogP) is 1.87. The maximum absolute atomic E-state index is 13.3. The zero-order valence-electron chi connectivity index (χ0n) is 8.71. The third kappa shape index (κ3) is 1.95. The van der Waals surface area contributed by atoms with E-state index in [0.717, 1.165) is 29.2 Å². The van der Waals surface area contributed by atoms with Crippen molar-refractivity contribution >= 4 is 12.0 Å². The Morgan fingerprint density at radius 1 is 1.33 bits per heavy atom. The first-order chi connectivity index (χ1) is 8.52. The summed E-state index contributed by atoms with van der Waals surface area (Å²) in [4.78, 5) is 20.2. The van der Waals surface area contributed by atoms with Crippen LogP contribution in [0.4, 0.5) is 14.5 Å². The number of aromatic nitrogens is 2. The summed E-state index contributed by atoms with van der Waals surface area (Å²) in [5.74, 6) is -2.11. The normalized spacial score (nSPS) is 10.3. The molecule has 0 amide bonds. The molecule has 0 saturated heterocycles. The fourth-order valence-electron chi connectivity index (χ4n) is 1.36. The van der Waals surface area contributed by atoms with Crippen molar-refractivity contribution in [2.45, 2.75) is 0 Å². The molecule has 0 unspecified atom stereocenters. The van der Waals surface area contributed by atoms with Crippen molar-refractivity contribution in [3.8, 4) is 5.69 Å². The molecule has 0 aliphatic rings. The Bertz CT molecular complexity index is 616. The second kappa shape index (κ2) is 4.32. The van der Waals surface area contributed by atoms with Crippen LogP contribution < -0.4 is 0 Å². The van der Waals surface area contributed by atoms with Gasteiger partial charge < -0.3 is 0 Å². The summed E-state index contributed by atoms with van der Waals surface area (Å²) < 4.78 is 27.6. The molecule has 2 aromatic rings. The number of nitro groups is 1. The third-order valence-corrected chi connectivity index (χ3v) is 2.23. The monoisotopic (exact) mass is 253 g/mol. The van der Waals surface area contributed by atoms with Gasteiger partial charge in [-0.15, -0.1) is 0 Å². The second-order valence-corrected chi connectivity index (χ2v) is 3.34. The van der Waals surface area contributed by atoms with Gasteiger partial charge >= 0.3 is 5.69 Å². The smallest absolute Gasteiger partial charge is 0.298 e. The molecule has 0 fully saturated rings. The van der Waals surface area contributed by atoms with Crippen molar-refractivity contribution in [3.05, 3.63) is 51.8 Å². The quantitative estimate of drug-likeness (QED) is 0.475. The molecule has 92 valence electrons. The molecule has 1 heterocycles. The zero-order chi connectivity index (χ0) is 13.3. The van der Waals surface area contributed by atoms with Crippen LogP contribution in [0.3, 0.4) is 0 Å². The van der Waals surface area contributed by atoms with E-state index in [1.807, 2.05) is 0 Å². The highest BCUT2D eigenvalue weighted by atomic mass is 19.1. The first kappa shape index (κ1) is 11.8. The summed E-state index contributed by atoms with van der Waals surface area (Å²) in [5, 5.41) is 14.0. The highest BCUT2D eigenvalue weighted by molar-refractivity contribution is 5.76. The van der Waals surface area contributed by atoms with E-state index in [-0.39, 0.29) is 17.7 Å². The average molecular weight is 253 g/mol. The van der Waals surface area contributed by atoms with Crippen LogP contribution in [-0.4, -0.2) is 21.0 Å². The molecule has 0 radical (unpaired) electrons. The van der Waals surface area contributed by atoms with Gasteiger partial charge in [0.1, 0.15) is 24.0 Å². The minimum Gasteiger partial charge on any atom is -0.298 e. The molecule has 1 aromatic carbocycles. The first-order valence-corrected chi connectivity index (χ1v) is 4.66. The average Bonchev–Trinajstić information content (AvgIpc) is 2.77. The maximum atomic E-state index is 13.3. The number of aldehydes is 1. The van der Waals surface area contributed by atoms with Gasteiger partial charge in [-0.25, -0.2) is 13.5 Å². The number of halogens is 2. The largest absolute Gasteiger partial charge is 0.307 e. The number of hydrogen-bond donors (Lipinski definition) is 0. The Morgan fingerprint density at radius 2 is 1.94 bits per heavy atom.